The third-order valence-electron chi connectivity index (χ3n) is 4.69. The molecule has 2 heterocycles. The van der Waals surface area contributed by atoms with E-state index in [1.54, 1.807) is 0 Å². The minimum absolute atomic E-state index is 0.00234. The summed E-state index contributed by atoms with van der Waals surface area (Å²) in [4.78, 5) is 14.3. The third-order valence-corrected chi connectivity index (χ3v) is 6.34. The highest BCUT2D eigenvalue weighted by Gasteiger charge is 2.43. The summed E-state index contributed by atoms with van der Waals surface area (Å²) in [6, 6.07) is 0. The Bertz CT molecular complexity index is 458. The van der Waals surface area contributed by atoms with Gasteiger partial charge in [0, 0.05) is 19.0 Å². The van der Waals surface area contributed by atoms with E-state index in [2.05, 4.69) is 0 Å². The predicted octanol–water partition coefficient (Wildman–Crippen LogP) is 1.08. The predicted molar refractivity (Wildman–Crippen MR) is 77.2 cm³/mol. The van der Waals surface area contributed by atoms with Gasteiger partial charge in [-0.2, -0.15) is 0 Å². The van der Waals surface area contributed by atoms with Crippen molar-refractivity contribution in [3.8, 4) is 0 Å². The molecule has 116 valence electrons. The molecular formula is C14H25NO4S. The van der Waals surface area contributed by atoms with Crippen LogP contribution in [-0.2, 0) is 19.4 Å². The number of ether oxygens (including phenoxy) is 1. The van der Waals surface area contributed by atoms with Gasteiger partial charge in [0.1, 0.15) is 0 Å². The minimum atomic E-state index is -2.91. The number of carbonyl (C=O) groups excluding carboxylic acids is 1. The van der Waals surface area contributed by atoms with Crippen LogP contribution in [-0.4, -0.2) is 56.0 Å². The van der Waals surface area contributed by atoms with Gasteiger partial charge in [-0.3, -0.25) is 4.79 Å². The number of sulfone groups is 1. The lowest BCUT2D eigenvalue weighted by atomic mass is 9.91. The molecule has 20 heavy (non-hydrogen) atoms. The van der Waals surface area contributed by atoms with E-state index in [-0.39, 0.29) is 23.3 Å². The van der Waals surface area contributed by atoms with Gasteiger partial charge in [0.15, 0.2) is 9.84 Å². The number of amides is 1. The average Bonchev–Trinajstić information content (AvgIpc) is 2.41. The number of nitrogens with zero attached hydrogens (tertiary/aromatic N) is 1. The van der Waals surface area contributed by atoms with Gasteiger partial charge in [-0.15, -0.1) is 0 Å². The van der Waals surface area contributed by atoms with Crippen LogP contribution < -0.4 is 0 Å². The molecule has 5 nitrogen and oxygen atoms in total. The molecule has 0 aromatic carbocycles. The Balaban J connectivity index is 2.04. The summed E-state index contributed by atoms with van der Waals surface area (Å²) >= 11 is 0. The first kappa shape index (κ1) is 15.8. The molecule has 1 amide bonds. The van der Waals surface area contributed by atoms with Crippen molar-refractivity contribution >= 4 is 15.7 Å². The topological polar surface area (TPSA) is 63.7 Å². The fraction of sp³-hybridized carbons (Fsp3) is 0.929. The number of hydrogen-bond donors (Lipinski definition) is 0. The summed E-state index contributed by atoms with van der Waals surface area (Å²) in [5.41, 5.74) is -0.435. The molecule has 0 N–H and O–H groups in total. The summed E-state index contributed by atoms with van der Waals surface area (Å²) in [5, 5.41) is 0. The molecule has 0 aromatic rings. The van der Waals surface area contributed by atoms with Crippen molar-refractivity contribution in [1.29, 1.82) is 0 Å². The van der Waals surface area contributed by atoms with Crippen molar-refractivity contribution in [2.75, 3.05) is 31.2 Å². The van der Waals surface area contributed by atoms with Crippen molar-refractivity contribution in [2.24, 2.45) is 11.8 Å². The highest BCUT2D eigenvalue weighted by molar-refractivity contribution is 7.91. The Kier molecular flexibility index (Phi) is 4.44. The van der Waals surface area contributed by atoms with Crippen LogP contribution in [0.5, 0.6) is 0 Å². The third kappa shape index (κ3) is 3.34. The van der Waals surface area contributed by atoms with E-state index in [0.717, 1.165) is 0 Å². The second-order valence-electron chi connectivity index (χ2n) is 6.48. The first-order valence-electron chi connectivity index (χ1n) is 7.38. The summed E-state index contributed by atoms with van der Waals surface area (Å²) in [5.74, 6) is 0.824. The largest absolute Gasteiger partial charge is 0.371 e. The Morgan fingerprint density at radius 1 is 1.20 bits per heavy atom. The molecule has 0 aliphatic carbocycles. The van der Waals surface area contributed by atoms with E-state index in [1.807, 2.05) is 25.7 Å². The van der Waals surface area contributed by atoms with Crippen molar-refractivity contribution in [1.82, 2.24) is 4.90 Å². The van der Waals surface area contributed by atoms with Crippen molar-refractivity contribution in [3.63, 3.8) is 0 Å². The molecule has 2 aliphatic rings. The van der Waals surface area contributed by atoms with Gasteiger partial charge < -0.3 is 9.64 Å². The van der Waals surface area contributed by atoms with Crippen LogP contribution in [0.4, 0.5) is 0 Å². The molecule has 6 heteroatoms. The highest BCUT2D eigenvalue weighted by Crippen LogP contribution is 2.32. The first-order valence-corrected chi connectivity index (χ1v) is 9.20. The van der Waals surface area contributed by atoms with Crippen LogP contribution in [0.25, 0.3) is 0 Å². The normalized spacial score (nSPS) is 26.7. The van der Waals surface area contributed by atoms with Gasteiger partial charge in [0.05, 0.1) is 23.7 Å². The van der Waals surface area contributed by atoms with Crippen LogP contribution in [0.15, 0.2) is 0 Å². The van der Waals surface area contributed by atoms with Gasteiger partial charge in [-0.05, 0) is 18.8 Å². The summed E-state index contributed by atoms with van der Waals surface area (Å²) < 4.78 is 29.0. The maximum Gasteiger partial charge on any atom is 0.225 e. The fourth-order valence-corrected chi connectivity index (χ4v) is 4.39. The van der Waals surface area contributed by atoms with Crippen LogP contribution in [0, 0.1) is 11.8 Å². The molecule has 0 aromatic heterocycles. The van der Waals surface area contributed by atoms with Crippen molar-refractivity contribution in [2.45, 2.75) is 39.2 Å². The zero-order valence-corrected chi connectivity index (χ0v) is 13.4. The highest BCUT2D eigenvalue weighted by atomic mass is 32.2. The second kappa shape index (κ2) is 5.64. The maximum absolute atomic E-state index is 12.4. The van der Waals surface area contributed by atoms with Gasteiger partial charge in [-0.1, -0.05) is 20.8 Å². The van der Waals surface area contributed by atoms with E-state index in [9.17, 15) is 13.2 Å². The molecule has 2 rings (SSSR count). The van der Waals surface area contributed by atoms with E-state index in [1.165, 1.54) is 0 Å². The van der Waals surface area contributed by atoms with E-state index >= 15 is 0 Å². The standard InChI is InChI=1S/C14H25NO4S/c1-11(2)12(3)13(16)15-6-7-19-14(10-15)4-8-20(17,18)9-5-14/h11-12H,4-10H2,1-3H3. The molecule has 2 aliphatic heterocycles. The molecule has 0 saturated carbocycles. The van der Waals surface area contributed by atoms with Gasteiger partial charge >= 0.3 is 0 Å². The fourth-order valence-electron chi connectivity index (χ4n) is 2.82. The van der Waals surface area contributed by atoms with Crippen molar-refractivity contribution < 1.29 is 17.9 Å². The van der Waals surface area contributed by atoms with E-state index in [4.69, 9.17) is 4.74 Å². The van der Waals surface area contributed by atoms with E-state index in [0.29, 0.717) is 38.5 Å². The van der Waals surface area contributed by atoms with Gasteiger partial charge in [0.2, 0.25) is 5.91 Å². The van der Waals surface area contributed by atoms with Crippen molar-refractivity contribution in [3.05, 3.63) is 0 Å². The Morgan fingerprint density at radius 3 is 2.35 bits per heavy atom. The van der Waals surface area contributed by atoms with Gasteiger partial charge in [-0.25, -0.2) is 8.42 Å². The number of rotatable bonds is 2. The lowest BCUT2D eigenvalue weighted by Gasteiger charge is -2.45. The van der Waals surface area contributed by atoms with Crippen LogP contribution in [0.3, 0.4) is 0 Å². The summed E-state index contributed by atoms with van der Waals surface area (Å²) in [6.07, 6.45) is 1.02. The lowest BCUT2D eigenvalue weighted by Crippen LogP contribution is -2.57. The monoisotopic (exact) mass is 303 g/mol. The molecule has 0 radical (unpaired) electrons. The Labute approximate surface area is 121 Å². The maximum atomic E-state index is 12.4. The molecule has 0 bridgehead atoms. The molecule has 1 spiro atoms. The lowest BCUT2D eigenvalue weighted by molar-refractivity contribution is -0.156. The Hall–Kier alpha value is -0.620. The van der Waals surface area contributed by atoms with Gasteiger partial charge in [0.25, 0.3) is 0 Å². The molecule has 2 saturated heterocycles. The Morgan fingerprint density at radius 2 is 1.80 bits per heavy atom. The molecule has 1 atom stereocenters. The van der Waals surface area contributed by atoms with Crippen LogP contribution in [0.2, 0.25) is 0 Å². The second-order valence-corrected chi connectivity index (χ2v) is 8.78. The zero-order valence-electron chi connectivity index (χ0n) is 12.6. The quantitative estimate of drug-likeness (QED) is 0.766. The number of hydrogen-bond acceptors (Lipinski definition) is 4. The number of carbonyl (C=O) groups is 1. The summed E-state index contributed by atoms with van der Waals surface area (Å²) in [7, 11) is -2.91. The minimum Gasteiger partial charge on any atom is -0.371 e. The average molecular weight is 303 g/mol. The van der Waals surface area contributed by atoms with Crippen LogP contribution >= 0.6 is 0 Å². The van der Waals surface area contributed by atoms with Crippen LogP contribution in [0.1, 0.15) is 33.6 Å². The smallest absolute Gasteiger partial charge is 0.225 e. The molecule has 2 fully saturated rings. The molecular weight excluding hydrogens is 278 g/mol. The summed E-state index contributed by atoms with van der Waals surface area (Å²) in [6.45, 7) is 7.72. The number of morpholine rings is 1. The SMILES string of the molecule is CC(C)C(C)C(=O)N1CCOC2(CCS(=O)(=O)CC2)C1. The first-order chi connectivity index (χ1) is 9.25. The zero-order chi connectivity index (χ0) is 15.0. The van der Waals surface area contributed by atoms with E-state index < -0.39 is 15.4 Å². The molecule has 1 unspecified atom stereocenters.